The van der Waals surface area contributed by atoms with Gasteiger partial charge in [0.05, 0.1) is 16.4 Å². The molecule has 0 unspecified atom stereocenters. The zero-order valence-electron chi connectivity index (χ0n) is 12.8. The summed E-state index contributed by atoms with van der Waals surface area (Å²) in [5, 5.41) is 5.99. The zero-order valence-corrected chi connectivity index (χ0v) is 13.6. The van der Waals surface area contributed by atoms with Crippen molar-refractivity contribution in [3.8, 4) is 0 Å². The number of benzene rings is 2. The molecule has 2 aromatic rings. The number of hydrogen-bond donors (Lipinski definition) is 2. The predicted molar refractivity (Wildman–Crippen MR) is 89.0 cm³/mol. The Morgan fingerprint density at radius 2 is 1.91 bits per heavy atom. The summed E-state index contributed by atoms with van der Waals surface area (Å²) in [5.41, 5.74) is 2.62. The van der Waals surface area contributed by atoms with Crippen LogP contribution in [0.4, 0.5) is 20.2 Å². The van der Waals surface area contributed by atoms with Crippen molar-refractivity contribution in [2.24, 2.45) is 0 Å². The van der Waals surface area contributed by atoms with Gasteiger partial charge in [0.1, 0.15) is 11.6 Å². The molecule has 6 heteroatoms. The predicted octanol–water partition coefficient (Wildman–Crippen LogP) is 4.68. The van der Waals surface area contributed by atoms with Crippen LogP contribution in [0.3, 0.4) is 0 Å². The highest BCUT2D eigenvalue weighted by molar-refractivity contribution is 6.34. The highest BCUT2D eigenvalue weighted by Gasteiger charge is 2.10. The molecule has 0 spiro atoms. The molecule has 0 aliphatic rings. The lowest BCUT2D eigenvalue weighted by Gasteiger charge is -2.12. The summed E-state index contributed by atoms with van der Waals surface area (Å²) in [6, 6.07) is 6.94. The molecule has 2 rings (SSSR count). The van der Waals surface area contributed by atoms with E-state index >= 15 is 0 Å². The molecular formula is C17H17ClF2N2O. The molecule has 0 saturated heterocycles. The van der Waals surface area contributed by atoms with Gasteiger partial charge in [0.25, 0.3) is 0 Å². The molecule has 122 valence electrons. The van der Waals surface area contributed by atoms with Crippen molar-refractivity contribution in [3.63, 3.8) is 0 Å². The third-order valence-electron chi connectivity index (χ3n) is 3.29. The molecule has 23 heavy (non-hydrogen) atoms. The van der Waals surface area contributed by atoms with E-state index in [-0.39, 0.29) is 24.6 Å². The van der Waals surface area contributed by atoms with Gasteiger partial charge >= 0.3 is 0 Å². The number of hydrogen-bond acceptors (Lipinski definition) is 2. The molecular weight excluding hydrogens is 322 g/mol. The molecule has 1 amide bonds. The quantitative estimate of drug-likeness (QED) is 0.831. The lowest BCUT2D eigenvalue weighted by Crippen LogP contribution is -2.17. The second kappa shape index (κ2) is 7.42. The lowest BCUT2D eigenvalue weighted by molar-refractivity contribution is -0.115. The number of anilines is 2. The van der Waals surface area contributed by atoms with E-state index in [9.17, 15) is 13.6 Å². The normalized spacial score (nSPS) is 10.5. The second-order valence-electron chi connectivity index (χ2n) is 5.29. The molecule has 2 N–H and O–H groups in total. The summed E-state index contributed by atoms with van der Waals surface area (Å²) < 4.78 is 26.2. The van der Waals surface area contributed by atoms with Gasteiger partial charge in [-0.15, -0.1) is 0 Å². The smallest absolute Gasteiger partial charge is 0.226 e. The molecule has 0 aromatic heterocycles. The van der Waals surface area contributed by atoms with Gasteiger partial charge < -0.3 is 10.6 Å². The van der Waals surface area contributed by atoms with E-state index in [0.29, 0.717) is 10.7 Å². The molecule has 0 heterocycles. The van der Waals surface area contributed by atoms with Crippen molar-refractivity contribution in [1.29, 1.82) is 0 Å². The van der Waals surface area contributed by atoms with E-state index in [1.807, 2.05) is 19.9 Å². The highest BCUT2D eigenvalue weighted by atomic mass is 35.5. The number of nitrogens with one attached hydrogen (secondary N) is 2. The van der Waals surface area contributed by atoms with Crippen molar-refractivity contribution in [1.82, 2.24) is 0 Å². The van der Waals surface area contributed by atoms with Crippen LogP contribution in [-0.2, 0) is 4.79 Å². The fourth-order valence-electron chi connectivity index (χ4n) is 2.22. The van der Waals surface area contributed by atoms with Crippen LogP contribution in [-0.4, -0.2) is 12.5 Å². The maximum Gasteiger partial charge on any atom is 0.226 e. The van der Waals surface area contributed by atoms with Gasteiger partial charge in [-0.25, -0.2) is 8.78 Å². The van der Waals surface area contributed by atoms with E-state index in [1.165, 1.54) is 6.07 Å². The fourth-order valence-corrected chi connectivity index (χ4v) is 2.59. The Labute approximate surface area is 138 Å². The summed E-state index contributed by atoms with van der Waals surface area (Å²) in [6.45, 7) is 4.00. The molecule has 0 fully saturated rings. The van der Waals surface area contributed by atoms with Gasteiger partial charge in [0.2, 0.25) is 5.91 Å². The molecule has 0 bridgehead atoms. The van der Waals surface area contributed by atoms with Crippen LogP contribution in [0.2, 0.25) is 5.02 Å². The number of amides is 1. The molecule has 2 aromatic carbocycles. The van der Waals surface area contributed by atoms with Crippen LogP contribution in [0, 0.1) is 25.5 Å². The van der Waals surface area contributed by atoms with Crippen LogP contribution in [0.15, 0.2) is 30.3 Å². The first kappa shape index (κ1) is 17.2. The van der Waals surface area contributed by atoms with Crippen LogP contribution in [0.5, 0.6) is 0 Å². The van der Waals surface area contributed by atoms with E-state index < -0.39 is 11.6 Å². The first-order valence-electron chi connectivity index (χ1n) is 7.12. The van der Waals surface area contributed by atoms with Crippen molar-refractivity contribution >= 4 is 28.9 Å². The van der Waals surface area contributed by atoms with Crippen LogP contribution in [0.1, 0.15) is 17.5 Å². The molecule has 0 radical (unpaired) electrons. The minimum Gasteiger partial charge on any atom is -0.382 e. The molecule has 0 aliphatic carbocycles. The maximum absolute atomic E-state index is 13.4. The summed E-state index contributed by atoms with van der Waals surface area (Å²) in [5.74, 6) is -1.58. The average molecular weight is 339 g/mol. The van der Waals surface area contributed by atoms with E-state index in [2.05, 4.69) is 10.6 Å². The van der Waals surface area contributed by atoms with E-state index in [4.69, 9.17) is 11.6 Å². The van der Waals surface area contributed by atoms with Crippen LogP contribution < -0.4 is 10.6 Å². The van der Waals surface area contributed by atoms with Gasteiger partial charge in [-0.1, -0.05) is 17.7 Å². The zero-order chi connectivity index (χ0) is 17.0. The molecule has 3 nitrogen and oxygen atoms in total. The summed E-state index contributed by atoms with van der Waals surface area (Å²) in [4.78, 5) is 12.0. The maximum atomic E-state index is 13.4. The number of aryl methyl sites for hydroxylation is 2. The summed E-state index contributed by atoms with van der Waals surface area (Å²) in [7, 11) is 0. The number of halogens is 3. The summed E-state index contributed by atoms with van der Waals surface area (Å²) >= 11 is 6.13. The van der Waals surface area contributed by atoms with Gasteiger partial charge in [-0.3, -0.25) is 4.79 Å². The molecule has 0 saturated carbocycles. The highest BCUT2D eigenvalue weighted by Crippen LogP contribution is 2.27. The minimum atomic E-state index is -0.692. The topological polar surface area (TPSA) is 41.1 Å². The molecule has 0 aliphatic heterocycles. The van der Waals surface area contributed by atoms with Gasteiger partial charge in [0.15, 0.2) is 0 Å². The van der Waals surface area contributed by atoms with Crippen LogP contribution in [0.25, 0.3) is 0 Å². The average Bonchev–Trinajstić information content (AvgIpc) is 2.45. The van der Waals surface area contributed by atoms with Crippen molar-refractivity contribution in [2.75, 3.05) is 17.2 Å². The van der Waals surface area contributed by atoms with E-state index in [1.54, 1.807) is 6.07 Å². The largest absolute Gasteiger partial charge is 0.382 e. The number of rotatable bonds is 5. The van der Waals surface area contributed by atoms with Crippen molar-refractivity contribution in [2.45, 2.75) is 20.3 Å². The number of carbonyl (C=O) groups excluding carboxylic acids is 1. The molecule has 0 atom stereocenters. The summed E-state index contributed by atoms with van der Waals surface area (Å²) in [6.07, 6.45) is 0.125. The van der Waals surface area contributed by atoms with Crippen molar-refractivity contribution < 1.29 is 13.6 Å². The second-order valence-corrected chi connectivity index (χ2v) is 5.69. The SMILES string of the molecule is Cc1cc(C)c(NC(=O)CCNc2ccc(F)cc2F)c(Cl)c1. The Balaban J connectivity index is 1.91. The Morgan fingerprint density at radius 3 is 2.57 bits per heavy atom. The fraction of sp³-hybridized carbons (Fsp3) is 0.235. The number of carbonyl (C=O) groups is 1. The Bertz CT molecular complexity index is 712. The third kappa shape index (κ3) is 4.66. The monoisotopic (exact) mass is 338 g/mol. The first-order valence-corrected chi connectivity index (χ1v) is 7.50. The Hall–Kier alpha value is -2.14. The standard InChI is InChI=1S/C17H17ClF2N2O/c1-10-7-11(2)17(13(18)8-10)22-16(23)5-6-21-15-4-3-12(19)9-14(15)20/h3-4,7-9,21H,5-6H2,1-2H3,(H,22,23). The van der Waals surface area contributed by atoms with Gasteiger partial charge in [-0.2, -0.15) is 0 Å². The first-order chi connectivity index (χ1) is 10.9. The third-order valence-corrected chi connectivity index (χ3v) is 3.59. The van der Waals surface area contributed by atoms with Gasteiger partial charge in [-0.05, 0) is 43.2 Å². The Morgan fingerprint density at radius 1 is 1.17 bits per heavy atom. The van der Waals surface area contributed by atoms with Crippen molar-refractivity contribution in [3.05, 3.63) is 58.1 Å². The Kier molecular flexibility index (Phi) is 5.55. The van der Waals surface area contributed by atoms with Gasteiger partial charge in [0, 0.05) is 19.0 Å². The lowest BCUT2D eigenvalue weighted by atomic mass is 10.1. The van der Waals surface area contributed by atoms with E-state index in [0.717, 1.165) is 23.3 Å². The minimum absolute atomic E-state index is 0.125. The van der Waals surface area contributed by atoms with Crippen LogP contribution >= 0.6 is 11.6 Å².